The van der Waals surface area contributed by atoms with E-state index in [1.807, 2.05) is 0 Å². The smallest absolute Gasteiger partial charge is 0.267 e. The second kappa shape index (κ2) is 5.78. The first-order chi connectivity index (χ1) is 12.2. The van der Waals surface area contributed by atoms with Gasteiger partial charge in [-0.3, -0.25) is 4.79 Å². The average Bonchev–Trinajstić information content (AvgIpc) is 3.01. The number of aromatic nitrogens is 2. The molecule has 126 valence electrons. The number of hydrogen-bond donors (Lipinski definition) is 0. The van der Waals surface area contributed by atoms with Gasteiger partial charge >= 0.3 is 0 Å². The van der Waals surface area contributed by atoms with E-state index < -0.39 is 0 Å². The monoisotopic (exact) mass is 371 g/mol. The Morgan fingerprint density at radius 1 is 1.12 bits per heavy atom. The molecule has 2 aliphatic rings. The molecule has 25 heavy (non-hydrogen) atoms. The van der Waals surface area contributed by atoms with Gasteiger partial charge in [0.25, 0.3) is 5.56 Å². The van der Waals surface area contributed by atoms with Crippen molar-refractivity contribution < 1.29 is 4.39 Å². The van der Waals surface area contributed by atoms with Gasteiger partial charge in [-0.25, -0.2) is 9.37 Å². The van der Waals surface area contributed by atoms with Gasteiger partial charge in [-0.15, -0.1) is 11.3 Å². The van der Waals surface area contributed by atoms with E-state index in [9.17, 15) is 9.18 Å². The van der Waals surface area contributed by atoms with Gasteiger partial charge in [0.15, 0.2) is 5.16 Å². The fraction of sp³-hybridized carbons (Fsp3) is 0.278. The van der Waals surface area contributed by atoms with Crippen LogP contribution >= 0.6 is 23.1 Å². The lowest BCUT2D eigenvalue weighted by Gasteiger charge is -2.16. The molecule has 0 saturated carbocycles. The highest BCUT2D eigenvalue weighted by Gasteiger charge is 2.24. The summed E-state index contributed by atoms with van der Waals surface area (Å²) in [7, 11) is 0. The molecule has 5 rings (SSSR count). The van der Waals surface area contributed by atoms with Gasteiger partial charge in [0.1, 0.15) is 10.6 Å². The first kappa shape index (κ1) is 15.3. The van der Waals surface area contributed by atoms with E-state index in [0.717, 1.165) is 40.8 Å². The number of thioether (sulfide) groups is 1. The maximum Gasteiger partial charge on any atom is 0.283 e. The predicted octanol–water partition coefficient (Wildman–Crippen LogP) is 3.83. The van der Waals surface area contributed by atoms with Crippen LogP contribution in [0.3, 0.4) is 0 Å². The molecule has 1 aromatic carbocycles. The molecule has 1 aliphatic carbocycles. The minimum Gasteiger partial charge on any atom is -0.267 e. The van der Waals surface area contributed by atoms with Gasteiger partial charge in [-0.05, 0) is 48.9 Å². The number of nitrogens with zero attached hydrogens (tertiary/aromatic N) is 3. The zero-order chi connectivity index (χ0) is 17.0. The second-order valence-corrected chi connectivity index (χ2v) is 8.27. The van der Waals surface area contributed by atoms with Crippen LogP contribution in [-0.2, 0) is 12.8 Å². The Morgan fingerprint density at radius 3 is 2.76 bits per heavy atom. The van der Waals surface area contributed by atoms with Crippen molar-refractivity contribution >= 4 is 39.0 Å². The molecule has 0 N–H and O–H groups in total. The predicted molar refractivity (Wildman–Crippen MR) is 99.6 cm³/mol. The maximum absolute atomic E-state index is 13.1. The molecule has 0 atom stereocenters. The van der Waals surface area contributed by atoms with Crippen molar-refractivity contribution in [3.8, 4) is 0 Å². The van der Waals surface area contributed by atoms with E-state index in [4.69, 9.17) is 4.98 Å². The third-order valence-corrected chi connectivity index (χ3v) is 6.80. The molecule has 0 unspecified atom stereocenters. The Labute approximate surface area is 151 Å². The Kier molecular flexibility index (Phi) is 3.53. The van der Waals surface area contributed by atoms with Crippen LogP contribution < -0.4 is 5.56 Å². The summed E-state index contributed by atoms with van der Waals surface area (Å²) in [6.07, 6.45) is 4.30. The molecule has 1 aliphatic heterocycles. The molecule has 0 radical (unpaired) electrons. The van der Waals surface area contributed by atoms with Crippen LogP contribution in [-0.4, -0.2) is 21.1 Å². The summed E-state index contributed by atoms with van der Waals surface area (Å²) in [5.41, 5.74) is 2.70. The SMILES string of the molecule is O=c1c2c3c(sc2nc2n1N=C(c1ccc(F)cc1)CS2)CCCC3. The highest BCUT2D eigenvalue weighted by molar-refractivity contribution is 7.99. The maximum atomic E-state index is 13.1. The van der Waals surface area contributed by atoms with Crippen molar-refractivity contribution in [2.45, 2.75) is 30.8 Å². The quantitative estimate of drug-likeness (QED) is 0.611. The van der Waals surface area contributed by atoms with Gasteiger partial charge in [0, 0.05) is 10.6 Å². The molecule has 3 aromatic rings. The molecule has 0 spiro atoms. The number of fused-ring (bicyclic) bond motifs is 4. The molecular formula is C18H14FN3OS2. The topological polar surface area (TPSA) is 47.2 Å². The summed E-state index contributed by atoms with van der Waals surface area (Å²) < 4.78 is 14.6. The number of thiophene rings is 1. The standard InChI is InChI=1S/C18H14FN3OS2/c19-11-7-5-10(6-8-11)13-9-24-18-20-16-15(17(23)22(18)21-13)12-3-1-2-4-14(12)25-16/h5-8H,1-4,9H2. The van der Waals surface area contributed by atoms with E-state index in [0.29, 0.717) is 10.9 Å². The number of hydrogen-bond acceptors (Lipinski definition) is 5. The Balaban J connectivity index is 1.70. The van der Waals surface area contributed by atoms with Crippen molar-refractivity contribution in [1.29, 1.82) is 0 Å². The Morgan fingerprint density at radius 2 is 1.92 bits per heavy atom. The fourth-order valence-electron chi connectivity index (χ4n) is 3.43. The third-order valence-electron chi connectivity index (χ3n) is 4.67. The zero-order valence-electron chi connectivity index (χ0n) is 13.3. The number of benzene rings is 1. The van der Waals surface area contributed by atoms with Crippen LogP contribution in [0.25, 0.3) is 10.2 Å². The molecular weight excluding hydrogens is 357 g/mol. The first-order valence-electron chi connectivity index (χ1n) is 8.24. The lowest BCUT2D eigenvalue weighted by molar-refractivity contribution is 0.627. The summed E-state index contributed by atoms with van der Waals surface area (Å²) in [5, 5.41) is 5.93. The van der Waals surface area contributed by atoms with E-state index in [1.165, 1.54) is 45.4 Å². The van der Waals surface area contributed by atoms with Crippen LogP contribution in [0.2, 0.25) is 0 Å². The molecule has 4 nitrogen and oxygen atoms in total. The van der Waals surface area contributed by atoms with E-state index in [2.05, 4.69) is 5.10 Å². The van der Waals surface area contributed by atoms with Crippen LogP contribution in [0.4, 0.5) is 4.39 Å². The van der Waals surface area contributed by atoms with Crippen molar-refractivity contribution in [2.75, 3.05) is 5.75 Å². The summed E-state index contributed by atoms with van der Waals surface area (Å²) in [6.45, 7) is 0. The van der Waals surface area contributed by atoms with Gasteiger partial charge in [-0.2, -0.15) is 9.78 Å². The molecule has 2 aromatic heterocycles. The first-order valence-corrected chi connectivity index (χ1v) is 10.0. The third kappa shape index (κ3) is 2.45. The van der Waals surface area contributed by atoms with E-state index >= 15 is 0 Å². The molecule has 3 heterocycles. The van der Waals surface area contributed by atoms with E-state index in [-0.39, 0.29) is 11.4 Å². The largest absolute Gasteiger partial charge is 0.283 e. The summed E-state index contributed by atoms with van der Waals surface area (Å²) in [6, 6.07) is 6.22. The van der Waals surface area contributed by atoms with Crippen LogP contribution in [0.1, 0.15) is 28.8 Å². The summed E-state index contributed by atoms with van der Waals surface area (Å²) in [5.74, 6) is 0.341. The van der Waals surface area contributed by atoms with Crippen LogP contribution in [0, 0.1) is 5.82 Å². The highest BCUT2D eigenvalue weighted by Crippen LogP contribution is 2.35. The molecule has 7 heteroatoms. The Hall–Kier alpha value is -1.99. The minimum absolute atomic E-state index is 0.0776. The van der Waals surface area contributed by atoms with Gasteiger partial charge in [-0.1, -0.05) is 23.9 Å². The van der Waals surface area contributed by atoms with Gasteiger partial charge in [0.2, 0.25) is 0 Å². The van der Waals surface area contributed by atoms with Gasteiger partial charge < -0.3 is 0 Å². The summed E-state index contributed by atoms with van der Waals surface area (Å²) >= 11 is 3.16. The van der Waals surface area contributed by atoms with E-state index in [1.54, 1.807) is 23.5 Å². The lowest BCUT2D eigenvalue weighted by Crippen LogP contribution is -2.26. The lowest BCUT2D eigenvalue weighted by atomic mass is 9.97. The fourth-order valence-corrected chi connectivity index (χ4v) is 5.63. The zero-order valence-corrected chi connectivity index (χ0v) is 14.9. The Bertz CT molecular complexity index is 1080. The van der Waals surface area contributed by atoms with Crippen molar-refractivity contribution in [3.05, 3.63) is 56.4 Å². The number of halogens is 1. The van der Waals surface area contributed by atoms with Crippen molar-refractivity contribution in [1.82, 2.24) is 9.66 Å². The normalized spacial score (nSPS) is 16.4. The van der Waals surface area contributed by atoms with Crippen LogP contribution in [0.5, 0.6) is 0 Å². The van der Waals surface area contributed by atoms with Crippen molar-refractivity contribution in [2.24, 2.45) is 5.10 Å². The van der Waals surface area contributed by atoms with Crippen molar-refractivity contribution in [3.63, 3.8) is 0 Å². The summed E-state index contributed by atoms with van der Waals surface area (Å²) in [4.78, 5) is 19.9. The number of aryl methyl sites for hydroxylation is 2. The molecule has 0 saturated heterocycles. The molecule has 0 amide bonds. The number of rotatable bonds is 1. The second-order valence-electron chi connectivity index (χ2n) is 6.24. The minimum atomic E-state index is -0.279. The highest BCUT2D eigenvalue weighted by atomic mass is 32.2. The van der Waals surface area contributed by atoms with Gasteiger partial charge in [0.05, 0.1) is 11.1 Å². The van der Waals surface area contributed by atoms with Crippen LogP contribution in [0.15, 0.2) is 39.3 Å². The molecule has 0 bridgehead atoms. The molecule has 0 fully saturated rings. The average molecular weight is 371 g/mol.